The summed E-state index contributed by atoms with van der Waals surface area (Å²) in [5.41, 5.74) is -0.430. The fraction of sp³-hybridized carbons (Fsp3) is 0.0588. The van der Waals surface area contributed by atoms with Gasteiger partial charge in [0.15, 0.2) is 0 Å². The number of nitrogens with zero attached hydrogens (tertiary/aromatic N) is 2. The molecule has 1 heterocycles. The molecular weight excluding hydrogens is 312 g/mol. The molecule has 3 aromatic rings. The van der Waals surface area contributed by atoms with E-state index in [0.717, 1.165) is 16.8 Å². The van der Waals surface area contributed by atoms with Crippen LogP contribution in [0.3, 0.4) is 0 Å². The van der Waals surface area contributed by atoms with Crippen molar-refractivity contribution in [3.8, 4) is 11.6 Å². The van der Waals surface area contributed by atoms with Crippen LogP contribution in [0, 0.1) is 10.1 Å². The molecule has 120 valence electrons. The van der Waals surface area contributed by atoms with Crippen molar-refractivity contribution >= 4 is 22.4 Å². The fourth-order valence-corrected chi connectivity index (χ4v) is 2.22. The standard InChI is InChI=1S/C17H12N2O5/c1-23-17(20)13-9-15(19(21)22)16(18-10-13)24-14-7-6-11-4-2-3-5-12(11)8-14/h2-10H,1H3. The third-order valence-electron chi connectivity index (χ3n) is 3.39. The van der Waals surface area contributed by atoms with E-state index in [1.807, 2.05) is 30.3 Å². The van der Waals surface area contributed by atoms with Gasteiger partial charge in [0.05, 0.1) is 17.6 Å². The van der Waals surface area contributed by atoms with Gasteiger partial charge in [-0.1, -0.05) is 30.3 Å². The summed E-state index contributed by atoms with van der Waals surface area (Å²) < 4.78 is 10.1. The summed E-state index contributed by atoms with van der Waals surface area (Å²) >= 11 is 0. The highest BCUT2D eigenvalue weighted by Crippen LogP contribution is 2.31. The van der Waals surface area contributed by atoms with Crippen molar-refractivity contribution in [2.45, 2.75) is 0 Å². The number of benzene rings is 2. The van der Waals surface area contributed by atoms with Crippen LogP contribution >= 0.6 is 0 Å². The molecule has 1 aromatic heterocycles. The lowest BCUT2D eigenvalue weighted by atomic mass is 10.1. The third kappa shape index (κ3) is 3.00. The van der Waals surface area contributed by atoms with Crippen LogP contribution in [0.25, 0.3) is 10.8 Å². The minimum atomic E-state index is -0.706. The number of rotatable bonds is 4. The van der Waals surface area contributed by atoms with Crippen molar-refractivity contribution < 1.29 is 19.2 Å². The Bertz CT molecular complexity index is 939. The minimum absolute atomic E-state index is 0.0185. The number of fused-ring (bicyclic) bond motifs is 1. The molecule has 7 nitrogen and oxygen atoms in total. The second kappa shape index (κ2) is 6.33. The van der Waals surface area contributed by atoms with E-state index < -0.39 is 16.6 Å². The summed E-state index contributed by atoms with van der Waals surface area (Å²) in [5.74, 6) is -0.485. The molecule has 0 N–H and O–H groups in total. The second-order valence-corrected chi connectivity index (χ2v) is 4.91. The number of pyridine rings is 1. The van der Waals surface area contributed by atoms with E-state index >= 15 is 0 Å². The molecule has 0 fully saturated rings. The number of esters is 1. The number of nitro groups is 1. The van der Waals surface area contributed by atoms with Gasteiger partial charge in [-0.15, -0.1) is 0 Å². The van der Waals surface area contributed by atoms with E-state index in [9.17, 15) is 14.9 Å². The van der Waals surface area contributed by atoms with Crippen molar-refractivity contribution in [3.63, 3.8) is 0 Å². The average molecular weight is 324 g/mol. The largest absolute Gasteiger partial charge is 0.465 e. The Labute approximate surface area is 136 Å². The average Bonchev–Trinajstić information content (AvgIpc) is 2.61. The first-order valence-electron chi connectivity index (χ1n) is 6.98. The zero-order valence-corrected chi connectivity index (χ0v) is 12.6. The zero-order chi connectivity index (χ0) is 17.1. The molecule has 24 heavy (non-hydrogen) atoms. The quantitative estimate of drug-likeness (QED) is 0.412. The van der Waals surface area contributed by atoms with Crippen molar-refractivity contribution in [1.29, 1.82) is 0 Å². The Morgan fingerprint density at radius 2 is 1.88 bits per heavy atom. The van der Waals surface area contributed by atoms with Gasteiger partial charge >= 0.3 is 11.7 Å². The fourth-order valence-electron chi connectivity index (χ4n) is 2.22. The molecule has 0 aliphatic heterocycles. The molecule has 7 heteroatoms. The van der Waals surface area contributed by atoms with Gasteiger partial charge in [-0.25, -0.2) is 9.78 Å². The van der Waals surface area contributed by atoms with Crippen LogP contribution < -0.4 is 4.74 Å². The normalized spacial score (nSPS) is 10.4. The van der Waals surface area contributed by atoms with Gasteiger partial charge in [-0.3, -0.25) is 10.1 Å². The van der Waals surface area contributed by atoms with Crippen LogP contribution in [-0.4, -0.2) is 23.0 Å². The number of carbonyl (C=O) groups excluding carboxylic acids is 1. The van der Waals surface area contributed by atoms with Gasteiger partial charge in [0.2, 0.25) is 0 Å². The van der Waals surface area contributed by atoms with Gasteiger partial charge in [-0.2, -0.15) is 0 Å². The van der Waals surface area contributed by atoms with E-state index in [-0.39, 0.29) is 11.4 Å². The van der Waals surface area contributed by atoms with Crippen LogP contribution in [0.1, 0.15) is 10.4 Å². The molecule has 0 saturated carbocycles. The predicted octanol–water partition coefficient (Wildman–Crippen LogP) is 3.72. The van der Waals surface area contributed by atoms with Crippen molar-refractivity contribution in [2.24, 2.45) is 0 Å². The van der Waals surface area contributed by atoms with E-state index in [1.54, 1.807) is 12.1 Å². The molecule has 0 spiro atoms. The van der Waals surface area contributed by atoms with Crippen LogP contribution in [0.15, 0.2) is 54.7 Å². The number of aromatic nitrogens is 1. The number of hydrogen-bond donors (Lipinski definition) is 0. The Hall–Kier alpha value is -3.48. The minimum Gasteiger partial charge on any atom is -0.465 e. The summed E-state index contributed by atoms with van der Waals surface area (Å²) in [6.07, 6.45) is 1.18. The van der Waals surface area contributed by atoms with Crippen molar-refractivity contribution in [3.05, 3.63) is 70.4 Å². The summed E-state index contributed by atoms with van der Waals surface area (Å²) in [6.45, 7) is 0. The Morgan fingerprint density at radius 3 is 2.58 bits per heavy atom. The molecule has 0 aliphatic carbocycles. The summed E-state index contributed by atoms with van der Waals surface area (Å²) in [7, 11) is 1.19. The Kier molecular flexibility index (Phi) is 4.07. The number of hydrogen-bond acceptors (Lipinski definition) is 6. The highest BCUT2D eigenvalue weighted by atomic mass is 16.6. The highest BCUT2D eigenvalue weighted by molar-refractivity contribution is 5.90. The maximum absolute atomic E-state index is 11.5. The van der Waals surface area contributed by atoms with Gasteiger partial charge in [0.25, 0.3) is 5.88 Å². The molecule has 0 radical (unpaired) electrons. The lowest BCUT2D eigenvalue weighted by Crippen LogP contribution is -2.04. The second-order valence-electron chi connectivity index (χ2n) is 4.91. The lowest BCUT2D eigenvalue weighted by Gasteiger charge is -2.07. The first-order valence-corrected chi connectivity index (χ1v) is 6.98. The molecule has 0 aliphatic rings. The SMILES string of the molecule is COC(=O)c1cnc(Oc2ccc3ccccc3c2)c([N+](=O)[O-])c1. The number of ether oxygens (including phenoxy) is 2. The van der Waals surface area contributed by atoms with Crippen LogP contribution in [0.4, 0.5) is 5.69 Å². The van der Waals surface area contributed by atoms with E-state index in [1.165, 1.54) is 13.3 Å². The summed E-state index contributed by atoms with van der Waals surface area (Å²) in [4.78, 5) is 25.9. The van der Waals surface area contributed by atoms with Crippen LogP contribution in [0.2, 0.25) is 0 Å². The smallest absolute Gasteiger partial charge is 0.339 e. The van der Waals surface area contributed by atoms with Crippen LogP contribution in [-0.2, 0) is 4.74 Å². The molecule has 0 saturated heterocycles. The molecule has 2 aromatic carbocycles. The molecule has 0 bridgehead atoms. The topological polar surface area (TPSA) is 91.6 Å². The first kappa shape index (κ1) is 15.4. The monoisotopic (exact) mass is 324 g/mol. The van der Waals surface area contributed by atoms with Crippen molar-refractivity contribution in [1.82, 2.24) is 4.98 Å². The lowest BCUT2D eigenvalue weighted by molar-refractivity contribution is -0.386. The first-order chi connectivity index (χ1) is 11.6. The van der Waals surface area contributed by atoms with E-state index in [4.69, 9.17) is 4.74 Å². The van der Waals surface area contributed by atoms with Crippen LogP contribution in [0.5, 0.6) is 11.6 Å². The van der Waals surface area contributed by atoms with Gasteiger partial charge < -0.3 is 9.47 Å². The maximum Gasteiger partial charge on any atom is 0.339 e. The third-order valence-corrected chi connectivity index (χ3v) is 3.39. The summed E-state index contributed by atoms with van der Waals surface area (Å²) in [5, 5.41) is 13.2. The zero-order valence-electron chi connectivity index (χ0n) is 12.6. The predicted molar refractivity (Wildman–Crippen MR) is 86.3 cm³/mol. The highest BCUT2D eigenvalue weighted by Gasteiger charge is 2.21. The number of methoxy groups -OCH3 is 1. The molecule has 0 unspecified atom stereocenters. The van der Waals surface area contributed by atoms with Gasteiger partial charge in [0, 0.05) is 12.3 Å². The van der Waals surface area contributed by atoms with Gasteiger partial charge in [-0.05, 0) is 22.9 Å². The van der Waals surface area contributed by atoms with E-state index in [0.29, 0.717) is 5.75 Å². The molecule has 0 atom stereocenters. The number of carbonyl (C=O) groups is 1. The maximum atomic E-state index is 11.5. The van der Waals surface area contributed by atoms with E-state index in [2.05, 4.69) is 9.72 Å². The molecule has 0 amide bonds. The molecular formula is C17H12N2O5. The molecule has 3 rings (SSSR count). The van der Waals surface area contributed by atoms with Gasteiger partial charge in [0.1, 0.15) is 5.75 Å². The van der Waals surface area contributed by atoms with Crippen molar-refractivity contribution in [2.75, 3.05) is 7.11 Å². The summed E-state index contributed by atoms with van der Waals surface area (Å²) in [6, 6.07) is 14.0. The Balaban J connectivity index is 1.98. The Morgan fingerprint density at radius 1 is 1.12 bits per heavy atom.